The van der Waals surface area contributed by atoms with Gasteiger partial charge in [-0.1, -0.05) is 24.3 Å². The fourth-order valence-electron chi connectivity index (χ4n) is 2.53. The number of hydrogen-bond donors (Lipinski definition) is 2. The minimum absolute atomic E-state index is 0.0150. The van der Waals surface area contributed by atoms with E-state index in [9.17, 15) is 0 Å². The van der Waals surface area contributed by atoms with Crippen molar-refractivity contribution >= 4 is 0 Å². The van der Waals surface area contributed by atoms with Gasteiger partial charge in [-0.05, 0) is 55.2 Å². The van der Waals surface area contributed by atoms with Crippen LogP contribution in [0.25, 0.3) is 0 Å². The molecule has 0 heterocycles. The molecule has 1 unspecified atom stereocenters. The molecule has 4 nitrogen and oxygen atoms in total. The van der Waals surface area contributed by atoms with Crippen LogP contribution in [-0.2, 0) is 6.54 Å². The van der Waals surface area contributed by atoms with Gasteiger partial charge in [-0.2, -0.15) is 0 Å². The van der Waals surface area contributed by atoms with Crippen LogP contribution in [-0.4, -0.2) is 25.4 Å². The summed E-state index contributed by atoms with van der Waals surface area (Å²) in [4.78, 5) is 0. The summed E-state index contributed by atoms with van der Waals surface area (Å²) in [6.07, 6.45) is 0. The average molecular weight is 329 g/mol. The van der Waals surface area contributed by atoms with Gasteiger partial charge in [-0.25, -0.2) is 0 Å². The first-order valence-corrected chi connectivity index (χ1v) is 8.26. The van der Waals surface area contributed by atoms with Gasteiger partial charge in [0.15, 0.2) is 11.5 Å². The Morgan fingerprint density at radius 1 is 1.04 bits per heavy atom. The van der Waals surface area contributed by atoms with E-state index in [1.807, 2.05) is 18.2 Å². The van der Waals surface area contributed by atoms with E-state index in [0.29, 0.717) is 11.5 Å². The van der Waals surface area contributed by atoms with Crippen molar-refractivity contribution in [3.8, 4) is 11.5 Å². The van der Waals surface area contributed by atoms with Crippen molar-refractivity contribution < 1.29 is 14.6 Å². The van der Waals surface area contributed by atoms with Crippen molar-refractivity contribution in [1.82, 2.24) is 5.32 Å². The maximum Gasteiger partial charge on any atom is 0.161 e. The zero-order valence-corrected chi connectivity index (χ0v) is 14.9. The van der Waals surface area contributed by atoms with Crippen LogP contribution in [0.5, 0.6) is 11.5 Å². The molecule has 0 bridgehead atoms. The Labute approximate surface area is 144 Å². The molecule has 0 amide bonds. The molecular formula is C20H27NO3. The Morgan fingerprint density at radius 2 is 1.83 bits per heavy atom. The summed E-state index contributed by atoms with van der Waals surface area (Å²) in [5.74, 6) is 1.33. The van der Waals surface area contributed by atoms with Crippen molar-refractivity contribution in [2.45, 2.75) is 33.4 Å². The van der Waals surface area contributed by atoms with Crippen LogP contribution in [0.4, 0.5) is 0 Å². The number of rotatable bonds is 8. The van der Waals surface area contributed by atoms with Gasteiger partial charge in [-0.3, -0.25) is 0 Å². The summed E-state index contributed by atoms with van der Waals surface area (Å²) in [5, 5.41) is 12.4. The van der Waals surface area contributed by atoms with E-state index in [1.54, 1.807) is 7.11 Å². The van der Waals surface area contributed by atoms with Crippen LogP contribution >= 0.6 is 0 Å². The maximum atomic E-state index is 8.87. The largest absolute Gasteiger partial charge is 0.493 e. The van der Waals surface area contributed by atoms with Crippen molar-refractivity contribution in [2.24, 2.45) is 0 Å². The van der Waals surface area contributed by atoms with Crippen molar-refractivity contribution in [2.75, 3.05) is 20.3 Å². The normalized spacial score (nSPS) is 12.0. The molecule has 0 aliphatic rings. The molecule has 0 aliphatic heterocycles. The first-order valence-electron chi connectivity index (χ1n) is 8.26. The molecule has 2 aromatic rings. The smallest absolute Gasteiger partial charge is 0.161 e. The highest BCUT2D eigenvalue weighted by Crippen LogP contribution is 2.30. The summed E-state index contributed by atoms with van der Waals surface area (Å²) in [6.45, 7) is 7.45. The minimum atomic E-state index is -0.0150. The molecule has 2 rings (SSSR count). The number of aryl methyl sites for hydroxylation is 2. The SMILES string of the molecule is COc1cc(C(C)NCc2ccc(C)c(C)c2)ccc1OCCO. The number of methoxy groups -OCH3 is 1. The molecule has 2 N–H and O–H groups in total. The van der Waals surface area contributed by atoms with Gasteiger partial charge >= 0.3 is 0 Å². The maximum absolute atomic E-state index is 8.87. The van der Waals surface area contributed by atoms with Gasteiger partial charge in [0, 0.05) is 12.6 Å². The second kappa shape index (κ2) is 8.71. The van der Waals surface area contributed by atoms with E-state index in [-0.39, 0.29) is 19.3 Å². The summed E-state index contributed by atoms with van der Waals surface area (Å²) in [6, 6.07) is 12.6. The molecule has 1 atom stereocenters. The number of ether oxygens (including phenoxy) is 2. The third-order valence-electron chi connectivity index (χ3n) is 4.22. The lowest BCUT2D eigenvalue weighted by molar-refractivity contribution is 0.196. The molecule has 24 heavy (non-hydrogen) atoms. The van der Waals surface area contributed by atoms with E-state index in [1.165, 1.54) is 16.7 Å². The van der Waals surface area contributed by atoms with E-state index in [0.717, 1.165) is 12.1 Å². The van der Waals surface area contributed by atoms with Gasteiger partial charge in [-0.15, -0.1) is 0 Å². The van der Waals surface area contributed by atoms with Crippen molar-refractivity contribution in [3.63, 3.8) is 0 Å². The first-order chi connectivity index (χ1) is 11.5. The topological polar surface area (TPSA) is 50.7 Å². The van der Waals surface area contributed by atoms with Gasteiger partial charge < -0.3 is 19.9 Å². The van der Waals surface area contributed by atoms with Crippen LogP contribution in [0, 0.1) is 13.8 Å². The Morgan fingerprint density at radius 3 is 2.50 bits per heavy atom. The molecule has 2 aromatic carbocycles. The lowest BCUT2D eigenvalue weighted by Gasteiger charge is -2.17. The van der Waals surface area contributed by atoms with E-state index < -0.39 is 0 Å². The highest BCUT2D eigenvalue weighted by atomic mass is 16.5. The van der Waals surface area contributed by atoms with E-state index >= 15 is 0 Å². The Balaban J connectivity index is 2.03. The van der Waals surface area contributed by atoms with Crippen LogP contribution < -0.4 is 14.8 Å². The van der Waals surface area contributed by atoms with Crippen molar-refractivity contribution in [1.29, 1.82) is 0 Å². The summed E-state index contributed by atoms with van der Waals surface area (Å²) >= 11 is 0. The van der Waals surface area contributed by atoms with Gasteiger partial charge in [0.1, 0.15) is 6.61 Å². The number of nitrogens with one attached hydrogen (secondary N) is 1. The van der Waals surface area contributed by atoms with Crippen LogP contribution in [0.15, 0.2) is 36.4 Å². The predicted octanol–water partition coefficient (Wildman–Crippen LogP) is 3.53. The number of benzene rings is 2. The van der Waals surface area contributed by atoms with E-state index in [4.69, 9.17) is 14.6 Å². The number of aliphatic hydroxyl groups is 1. The molecule has 0 radical (unpaired) electrons. The molecule has 0 spiro atoms. The quantitative estimate of drug-likeness (QED) is 0.778. The third kappa shape index (κ3) is 4.73. The minimum Gasteiger partial charge on any atom is -0.493 e. The second-order valence-electron chi connectivity index (χ2n) is 6.00. The third-order valence-corrected chi connectivity index (χ3v) is 4.22. The Kier molecular flexibility index (Phi) is 6.64. The standard InChI is InChI=1S/C20H27NO3/c1-14-5-6-17(11-15(14)2)13-21-16(3)18-7-8-19(24-10-9-22)20(12-18)23-4/h5-8,11-12,16,21-22H,9-10,13H2,1-4H3. The molecule has 0 aliphatic carbocycles. The lowest BCUT2D eigenvalue weighted by Crippen LogP contribution is -2.18. The molecule has 0 saturated heterocycles. The lowest BCUT2D eigenvalue weighted by atomic mass is 10.0. The van der Waals surface area contributed by atoms with E-state index in [2.05, 4.69) is 44.3 Å². The molecular weight excluding hydrogens is 302 g/mol. The predicted molar refractivity (Wildman–Crippen MR) is 96.7 cm³/mol. The Bertz CT molecular complexity index is 670. The molecule has 0 saturated carbocycles. The van der Waals surface area contributed by atoms with Crippen LogP contribution in [0.3, 0.4) is 0 Å². The molecule has 4 heteroatoms. The Hall–Kier alpha value is -2.04. The number of hydrogen-bond acceptors (Lipinski definition) is 4. The van der Waals surface area contributed by atoms with Crippen molar-refractivity contribution in [3.05, 3.63) is 58.7 Å². The van der Waals surface area contributed by atoms with Gasteiger partial charge in [0.25, 0.3) is 0 Å². The zero-order valence-electron chi connectivity index (χ0n) is 14.9. The highest BCUT2D eigenvalue weighted by molar-refractivity contribution is 5.43. The van der Waals surface area contributed by atoms with Gasteiger partial charge in [0.05, 0.1) is 13.7 Å². The number of aliphatic hydroxyl groups excluding tert-OH is 1. The second-order valence-corrected chi connectivity index (χ2v) is 6.00. The first kappa shape index (κ1) is 18.3. The summed E-state index contributed by atoms with van der Waals surface area (Å²) in [5.41, 5.74) is 5.04. The summed E-state index contributed by atoms with van der Waals surface area (Å²) in [7, 11) is 1.62. The average Bonchev–Trinajstić information content (AvgIpc) is 2.60. The monoisotopic (exact) mass is 329 g/mol. The van der Waals surface area contributed by atoms with Crippen LogP contribution in [0.2, 0.25) is 0 Å². The van der Waals surface area contributed by atoms with Gasteiger partial charge in [0.2, 0.25) is 0 Å². The molecule has 130 valence electrons. The fraction of sp³-hybridized carbons (Fsp3) is 0.400. The zero-order chi connectivity index (χ0) is 17.5. The molecule has 0 fully saturated rings. The highest BCUT2D eigenvalue weighted by Gasteiger charge is 2.10. The fourth-order valence-corrected chi connectivity index (χ4v) is 2.53. The van der Waals surface area contributed by atoms with Crippen LogP contribution in [0.1, 0.15) is 35.2 Å². The summed E-state index contributed by atoms with van der Waals surface area (Å²) < 4.78 is 10.9. The molecule has 0 aromatic heterocycles.